The van der Waals surface area contributed by atoms with Gasteiger partial charge in [0.25, 0.3) is 0 Å². The molecule has 12 heavy (non-hydrogen) atoms. The fourth-order valence-corrected chi connectivity index (χ4v) is 1.84. The van der Waals surface area contributed by atoms with Crippen molar-refractivity contribution in [2.75, 3.05) is 5.75 Å². The van der Waals surface area contributed by atoms with E-state index >= 15 is 0 Å². The number of carboxylic acid groups (broad SMARTS) is 1. The second kappa shape index (κ2) is 3.89. The van der Waals surface area contributed by atoms with Crippen LogP contribution in [0, 0.1) is 5.92 Å². The highest BCUT2D eigenvalue weighted by molar-refractivity contribution is 7.92. The van der Waals surface area contributed by atoms with Gasteiger partial charge in [0.15, 0.2) is 9.84 Å². The number of hydrogen-bond donors (Lipinski definition) is 1. The SMILES string of the molecule is CC(CS(=O)(=O)C(C)C)C(=O)O. The lowest BCUT2D eigenvalue weighted by atomic mass is 10.2. The van der Waals surface area contributed by atoms with Gasteiger partial charge in [-0.2, -0.15) is 0 Å². The van der Waals surface area contributed by atoms with E-state index in [0.717, 1.165) is 0 Å². The summed E-state index contributed by atoms with van der Waals surface area (Å²) in [5.41, 5.74) is 0. The summed E-state index contributed by atoms with van der Waals surface area (Å²) in [6.07, 6.45) is 0. The lowest BCUT2D eigenvalue weighted by Crippen LogP contribution is -2.26. The van der Waals surface area contributed by atoms with Crippen molar-refractivity contribution in [3.05, 3.63) is 0 Å². The Labute approximate surface area is 72.5 Å². The minimum absolute atomic E-state index is 0.278. The maximum atomic E-state index is 11.2. The van der Waals surface area contributed by atoms with Crippen molar-refractivity contribution in [2.45, 2.75) is 26.0 Å². The van der Waals surface area contributed by atoms with Crippen LogP contribution in [-0.4, -0.2) is 30.5 Å². The van der Waals surface area contributed by atoms with Gasteiger partial charge in [0, 0.05) is 0 Å². The number of sulfone groups is 1. The van der Waals surface area contributed by atoms with Gasteiger partial charge in [0.1, 0.15) is 0 Å². The van der Waals surface area contributed by atoms with Gasteiger partial charge in [-0.3, -0.25) is 4.79 Å². The predicted octanol–water partition coefficient (Wildman–Crippen LogP) is 0.530. The van der Waals surface area contributed by atoms with E-state index in [1.165, 1.54) is 6.92 Å². The van der Waals surface area contributed by atoms with Gasteiger partial charge in [0.05, 0.1) is 16.9 Å². The molecular weight excluding hydrogens is 180 g/mol. The zero-order valence-electron chi connectivity index (χ0n) is 7.44. The van der Waals surface area contributed by atoms with Crippen molar-refractivity contribution in [1.29, 1.82) is 0 Å². The maximum absolute atomic E-state index is 11.2. The Bertz CT molecular complexity index is 253. The molecule has 1 atom stereocenters. The first kappa shape index (κ1) is 11.4. The fraction of sp³-hybridized carbons (Fsp3) is 0.857. The Morgan fingerprint density at radius 3 is 2.00 bits per heavy atom. The Kier molecular flexibility index (Phi) is 3.70. The summed E-state index contributed by atoms with van der Waals surface area (Å²) in [7, 11) is -3.22. The molecular formula is C7H14O4S. The van der Waals surface area contributed by atoms with Crippen LogP contribution < -0.4 is 0 Å². The Morgan fingerprint density at radius 2 is 1.75 bits per heavy atom. The smallest absolute Gasteiger partial charge is 0.307 e. The Morgan fingerprint density at radius 1 is 1.33 bits per heavy atom. The van der Waals surface area contributed by atoms with Crippen LogP contribution in [-0.2, 0) is 14.6 Å². The number of rotatable bonds is 4. The summed E-state index contributed by atoms with van der Waals surface area (Å²) in [4.78, 5) is 10.3. The first-order valence-electron chi connectivity index (χ1n) is 3.71. The molecule has 0 saturated heterocycles. The molecule has 0 aliphatic heterocycles. The van der Waals surface area contributed by atoms with Crippen LogP contribution in [0.15, 0.2) is 0 Å². The zero-order chi connectivity index (χ0) is 9.94. The fourth-order valence-electron chi connectivity index (χ4n) is 0.612. The Balaban J connectivity index is 4.37. The van der Waals surface area contributed by atoms with Crippen molar-refractivity contribution < 1.29 is 18.3 Å². The molecule has 0 saturated carbocycles. The molecule has 72 valence electrons. The molecule has 5 heteroatoms. The summed E-state index contributed by atoms with van der Waals surface area (Å²) in [6, 6.07) is 0. The van der Waals surface area contributed by atoms with E-state index in [4.69, 9.17) is 5.11 Å². The van der Waals surface area contributed by atoms with Gasteiger partial charge < -0.3 is 5.11 Å². The van der Waals surface area contributed by atoms with Crippen molar-refractivity contribution in [3.63, 3.8) is 0 Å². The average Bonchev–Trinajstić information content (AvgIpc) is 1.85. The van der Waals surface area contributed by atoms with Crippen molar-refractivity contribution >= 4 is 15.8 Å². The molecule has 1 N–H and O–H groups in total. The second-order valence-corrected chi connectivity index (χ2v) is 5.72. The predicted molar refractivity (Wildman–Crippen MR) is 45.7 cm³/mol. The van der Waals surface area contributed by atoms with Gasteiger partial charge in [0.2, 0.25) is 0 Å². The van der Waals surface area contributed by atoms with Crippen LogP contribution in [0.5, 0.6) is 0 Å². The third kappa shape index (κ3) is 3.21. The van der Waals surface area contributed by atoms with E-state index in [2.05, 4.69) is 0 Å². The van der Waals surface area contributed by atoms with Crippen LogP contribution in [0.25, 0.3) is 0 Å². The zero-order valence-corrected chi connectivity index (χ0v) is 8.26. The largest absolute Gasteiger partial charge is 0.481 e. The van der Waals surface area contributed by atoms with E-state index in [9.17, 15) is 13.2 Å². The minimum Gasteiger partial charge on any atom is -0.481 e. The van der Waals surface area contributed by atoms with Crippen LogP contribution in [0.4, 0.5) is 0 Å². The number of carbonyl (C=O) groups is 1. The van der Waals surface area contributed by atoms with Gasteiger partial charge in [-0.25, -0.2) is 8.42 Å². The van der Waals surface area contributed by atoms with E-state index in [1.807, 2.05) is 0 Å². The van der Waals surface area contributed by atoms with Gasteiger partial charge >= 0.3 is 5.97 Å². The highest BCUT2D eigenvalue weighted by Gasteiger charge is 2.23. The molecule has 0 spiro atoms. The molecule has 1 unspecified atom stereocenters. The van der Waals surface area contributed by atoms with Crippen molar-refractivity contribution in [3.8, 4) is 0 Å². The lowest BCUT2D eigenvalue weighted by Gasteiger charge is -2.09. The second-order valence-electron chi connectivity index (χ2n) is 3.12. The first-order valence-corrected chi connectivity index (χ1v) is 5.43. The quantitative estimate of drug-likeness (QED) is 0.708. The molecule has 0 aromatic rings. The third-order valence-corrected chi connectivity index (χ3v) is 4.02. The first-order chi connectivity index (χ1) is 5.27. The van der Waals surface area contributed by atoms with Gasteiger partial charge in [-0.05, 0) is 13.8 Å². The summed E-state index contributed by atoms with van der Waals surface area (Å²) in [6.45, 7) is 4.48. The molecule has 0 radical (unpaired) electrons. The van der Waals surface area contributed by atoms with E-state index in [1.54, 1.807) is 13.8 Å². The number of carboxylic acids is 1. The van der Waals surface area contributed by atoms with E-state index < -0.39 is 27.0 Å². The standard InChI is InChI=1S/C7H14O4S/c1-5(2)12(10,11)4-6(3)7(8)9/h5-6H,4H2,1-3H3,(H,8,9). The molecule has 0 aromatic heterocycles. The highest BCUT2D eigenvalue weighted by Crippen LogP contribution is 2.07. The summed E-state index contributed by atoms with van der Waals surface area (Å²) in [5.74, 6) is -2.17. The lowest BCUT2D eigenvalue weighted by molar-refractivity contribution is -0.140. The molecule has 0 heterocycles. The van der Waals surface area contributed by atoms with Crippen LogP contribution >= 0.6 is 0 Å². The molecule has 4 nitrogen and oxygen atoms in total. The summed E-state index contributed by atoms with van der Waals surface area (Å²) < 4.78 is 22.4. The third-order valence-electron chi connectivity index (χ3n) is 1.62. The molecule has 0 aliphatic rings. The van der Waals surface area contributed by atoms with E-state index in [-0.39, 0.29) is 5.75 Å². The monoisotopic (exact) mass is 194 g/mol. The highest BCUT2D eigenvalue weighted by atomic mass is 32.2. The summed E-state index contributed by atoms with van der Waals surface area (Å²) in [5, 5.41) is 7.96. The van der Waals surface area contributed by atoms with Gasteiger partial charge in [-0.15, -0.1) is 0 Å². The number of aliphatic carboxylic acids is 1. The topological polar surface area (TPSA) is 71.4 Å². The minimum atomic E-state index is -3.22. The normalized spacial score (nSPS) is 14.7. The van der Waals surface area contributed by atoms with Crippen LogP contribution in [0.1, 0.15) is 20.8 Å². The Hall–Kier alpha value is -0.580. The molecule has 0 aromatic carbocycles. The van der Waals surface area contributed by atoms with E-state index in [0.29, 0.717) is 0 Å². The summed E-state index contributed by atoms with van der Waals surface area (Å²) >= 11 is 0. The average molecular weight is 194 g/mol. The molecule has 0 amide bonds. The molecule has 0 aliphatic carbocycles. The van der Waals surface area contributed by atoms with Crippen LogP contribution in [0.3, 0.4) is 0 Å². The van der Waals surface area contributed by atoms with Crippen LogP contribution in [0.2, 0.25) is 0 Å². The molecule has 0 rings (SSSR count). The van der Waals surface area contributed by atoms with Crippen molar-refractivity contribution in [1.82, 2.24) is 0 Å². The van der Waals surface area contributed by atoms with Gasteiger partial charge in [-0.1, -0.05) is 6.92 Å². The molecule has 0 bridgehead atoms. The maximum Gasteiger partial charge on any atom is 0.307 e. The van der Waals surface area contributed by atoms with Crippen molar-refractivity contribution in [2.24, 2.45) is 5.92 Å². The number of hydrogen-bond acceptors (Lipinski definition) is 3. The molecule has 0 fully saturated rings.